The fourth-order valence-electron chi connectivity index (χ4n) is 2.01. The molecule has 1 N–H and O–H groups in total. The van der Waals surface area contributed by atoms with Gasteiger partial charge >= 0.3 is 0 Å². The summed E-state index contributed by atoms with van der Waals surface area (Å²) in [7, 11) is 0. The molecule has 21 heavy (non-hydrogen) atoms. The molecule has 2 rings (SSSR count). The summed E-state index contributed by atoms with van der Waals surface area (Å²) >= 11 is 0. The Bertz CT molecular complexity index is 567. The Balaban J connectivity index is 1.84. The van der Waals surface area contributed by atoms with Crippen LogP contribution in [-0.4, -0.2) is 20.7 Å². The van der Waals surface area contributed by atoms with Gasteiger partial charge in [-0.3, -0.25) is 4.79 Å². The zero-order valence-corrected chi connectivity index (χ0v) is 12.8. The molecule has 0 atom stereocenters. The van der Waals surface area contributed by atoms with Gasteiger partial charge in [-0.2, -0.15) is 5.10 Å². The molecule has 0 aliphatic heterocycles. The zero-order valence-electron chi connectivity index (χ0n) is 12.8. The normalized spacial score (nSPS) is 11.4. The van der Waals surface area contributed by atoms with Gasteiger partial charge in [0.2, 0.25) is 5.91 Å². The molecule has 1 aromatic carbocycles. The van der Waals surface area contributed by atoms with Gasteiger partial charge in [-0.25, -0.2) is 9.67 Å². The second kappa shape index (κ2) is 6.52. The summed E-state index contributed by atoms with van der Waals surface area (Å²) in [5.41, 5.74) is 2.27. The molecule has 1 amide bonds. The van der Waals surface area contributed by atoms with Crippen molar-refractivity contribution in [2.75, 3.05) is 0 Å². The van der Waals surface area contributed by atoms with E-state index in [4.69, 9.17) is 0 Å². The molecule has 0 fully saturated rings. The highest BCUT2D eigenvalue weighted by Gasteiger charge is 2.15. The number of rotatable bonds is 5. The summed E-state index contributed by atoms with van der Waals surface area (Å²) in [4.78, 5) is 15.7. The van der Waals surface area contributed by atoms with Crippen molar-refractivity contribution in [1.29, 1.82) is 0 Å². The van der Waals surface area contributed by atoms with E-state index in [1.54, 1.807) is 11.0 Å². The van der Waals surface area contributed by atoms with Crippen LogP contribution >= 0.6 is 0 Å². The number of carbonyl (C=O) groups excluding carboxylic acids is 1. The summed E-state index contributed by atoms with van der Waals surface area (Å²) in [6.45, 7) is 7.46. The predicted octanol–water partition coefficient (Wildman–Crippen LogP) is 2.38. The van der Waals surface area contributed by atoms with Gasteiger partial charge < -0.3 is 5.32 Å². The average molecular weight is 286 g/mol. The Kier molecular flexibility index (Phi) is 4.73. The number of hydrogen-bond acceptors (Lipinski definition) is 3. The number of nitrogens with zero attached hydrogens (tertiary/aromatic N) is 3. The van der Waals surface area contributed by atoms with Gasteiger partial charge in [0.1, 0.15) is 12.7 Å². The van der Waals surface area contributed by atoms with Crippen LogP contribution in [0.2, 0.25) is 0 Å². The van der Waals surface area contributed by atoms with Gasteiger partial charge in [0.05, 0.1) is 6.54 Å². The van der Waals surface area contributed by atoms with E-state index in [0.29, 0.717) is 19.5 Å². The largest absolute Gasteiger partial charge is 0.352 e. The molecule has 0 spiro atoms. The van der Waals surface area contributed by atoms with E-state index in [0.717, 1.165) is 11.1 Å². The van der Waals surface area contributed by atoms with Crippen molar-refractivity contribution in [3.8, 4) is 0 Å². The maximum Gasteiger partial charge on any atom is 0.220 e. The van der Waals surface area contributed by atoms with Gasteiger partial charge in [0, 0.05) is 13.0 Å². The van der Waals surface area contributed by atoms with Gasteiger partial charge in [-0.15, -0.1) is 0 Å². The Morgan fingerprint density at radius 2 is 1.86 bits per heavy atom. The molecule has 1 heterocycles. The molecule has 0 bridgehead atoms. The molecule has 0 saturated heterocycles. The monoisotopic (exact) mass is 286 g/mol. The molecular formula is C16H22N4O. The van der Waals surface area contributed by atoms with Crippen LogP contribution < -0.4 is 5.32 Å². The Hall–Kier alpha value is -2.17. The SMILES string of the molecule is CC(C)(C)CC(=O)NCc1ccc(Cn2cncn2)cc1. The lowest BCUT2D eigenvalue weighted by Crippen LogP contribution is -2.27. The van der Waals surface area contributed by atoms with Gasteiger partial charge in [0.15, 0.2) is 0 Å². The third-order valence-corrected chi connectivity index (χ3v) is 3.01. The number of hydrogen-bond donors (Lipinski definition) is 1. The van der Waals surface area contributed by atoms with E-state index in [1.165, 1.54) is 6.33 Å². The van der Waals surface area contributed by atoms with Crippen molar-refractivity contribution in [2.24, 2.45) is 5.41 Å². The number of nitrogens with one attached hydrogen (secondary N) is 1. The van der Waals surface area contributed by atoms with Gasteiger partial charge in [-0.05, 0) is 16.5 Å². The molecule has 0 aliphatic carbocycles. The Morgan fingerprint density at radius 1 is 1.19 bits per heavy atom. The van der Waals surface area contributed by atoms with Crippen LogP contribution in [0.15, 0.2) is 36.9 Å². The quantitative estimate of drug-likeness (QED) is 0.918. The van der Waals surface area contributed by atoms with E-state index in [9.17, 15) is 4.79 Å². The van der Waals surface area contributed by atoms with Crippen LogP contribution in [0.5, 0.6) is 0 Å². The molecule has 5 heteroatoms. The van der Waals surface area contributed by atoms with Gasteiger partial charge in [0.25, 0.3) is 0 Å². The standard InChI is InChI=1S/C16H22N4O/c1-16(2,3)8-15(21)18-9-13-4-6-14(7-5-13)10-20-12-17-11-19-20/h4-7,11-12H,8-10H2,1-3H3,(H,18,21). The van der Waals surface area contributed by atoms with E-state index in [1.807, 2.05) is 24.3 Å². The first-order valence-corrected chi connectivity index (χ1v) is 7.09. The van der Waals surface area contributed by atoms with Crippen LogP contribution in [0, 0.1) is 5.41 Å². The molecule has 0 saturated carbocycles. The average Bonchev–Trinajstić information content (AvgIpc) is 2.89. The van der Waals surface area contributed by atoms with Crippen molar-refractivity contribution in [3.05, 3.63) is 48.0 Å². The number of aromatic nitrogens is 3. The topological polar surface area (TPSA) is 59.8 Å². The first kappa shape index (κ1) is 15.2. The van der Waals surface area contributed by atoms with E-state index in [-0.39, 0.29) is 11.3 Å². The highest BCUT2D eigenvalue weighted by atomic mass is 16.1. The van der Waals surface area contributed by atoms with Crippen LogP contribution in [0.4, 0.5) is 0 Å². The maximum absolute atomic E-state index is 11.8. The van der Waals surface area contributed by atoms with Crippen molar-refractivity contribution in [2.45, 2.75) is 40.3 Å². The summed E-state index contributed by atoms with van der Waals surface area (Å²) < 4.78 is 1.78. The number of benzene rings is 1. The predicted molar refractivity (Wildman–Crippen MR) is 81.5 cm³/mol. The molecule has 2 aromatic rings. The van der Waals surface area contributed by atoms with Crippen molar-refractivity contribution < 1.29 is 4.79 Å². The second-order valence-corrected chi connectivity index (χ2v) is 6.42. The summed E-state index contributed by atoms with van der Waals surface area (Å²) in [6, 6.07) is 8.16. The highest BCUT2D eigenvalue weighted by molar-refractivity contribution is 5.76. The molecular weight excluding hydrogens is 264 g/mol. The van der Waals surface area contributed by atoms with E-state index < -0.39 is 0 Å². The first-order valence-electron chi connectivity index (χ1n) is 7.09. The highest BCUT2D eigenvalue weighted by Crippen LogP contribution is 2.17. The fraction of sp³-hybridized carbons (Fsp3) is 0.438. The van der Waals surface area contributed by atoms with Gasteiger partial charge in [-0.1, -0.05) is 45.0 Å². The fourth-order valence-corrected chi connectivity index (χ4v) is 2.01. The molecule has 0 radical (unpaired) electrons. The smallest absolute Gasteiger partial charge is 0.220 e. The lowest BCUT2D eigenvalue weighted by molar-refractivity contribution is -0.122. The minimum atomic E-state index is 0.0196. The van der Waals surface area contributed by atoms with Crippen LogP contribution in [-0.2, 0) is 17.9 Å². The van der Waals surface area contributed by atoms with Crippen molar-refractivity contribution in [1.82, 2.24) is 20.1 Å². The van der Waals surface area contributed by atoms with Crippen LogP contribution in [0.1, 0.15) is 38.3 Å². The molecule has 112 valence electrons. The lowest BCUT2D eigenvalue weighted by Gasteiger charge is -2.17. The second-order valence-electron chi connectivity index (χ2n) is 6.42. The zero-order chi connectivity index (χ0) is 15.3. The molecule has 0 aliphatic rings. The molecule has 0 unspecified atom stereocenters. The van der Waals surface area contributed by atoms with E-state index >= 15 is 0 Å². The summed E-state index contributed by atoms with van der Waals surface area (Å²) in [6.07, 6.45) is 3.76. The number of carbonyl (C=O) groups is 1. The summed E-state index contributed by atoms with van der Waals surface area (Å²) in [5.74, 6) is 0.0918. The van der Waals surface area contributed by atoms with Crippen LogP contribution in [0.3, 0.4) is 0 Å². The lowest BCUT2D eigenvalue weighted by atomic mass is 9.92. The molecule has 1 aromatic heterocycles. The van der Waals surface area contributed by atoms with Crippen molar-refractivity contribution >= 4 is 5.91 Å². The summed E-state index contributed by atoms with van der Waals surface area (Å²) in [5, 5.41) is 7.03. The minimum absolute atomic E-state index is 0.0196. The van der Waals surface area contributed by atoms with Crippen molar-refractivity contribution in [3.63, 3.8) is 0 Å². The Morgan fingerprint density at radius 3 is 2.43 bits per heavy atom. The Labute approximate surface area is 125 Å². The van der Waals surface area contributed by atoms with Crippen LogP contribution in [0.25, 0.3) is 0 Å². The van der Waals surface area contributed by atoms with E-state index in [2.05, 4.69) is 36.2 Å². The maximum atomic E-state index is 11.8. The first-order chi connectivity index (χ1) is 9.92. The number of amides is 1. The molecule has 5 nitrogen and oxygen atoms in total. The minimum Gasteiger partial charge on any atom is -0.352 e. The third-order valence-electron chi connectivity index (χ3n) is 3.01. The third kappa shape index (κ3) is 5.38.